The molecular weight excluding hydrogens is 415 g/mol. The van der Waals surface area contributed by atoms with E-state index in [0.29, 0.717) is 0 Å². The van der Waals surface area contributed by atoms with Gasteiger partial charge in [-0.15, -0.1) is 5.10 Å². The van der Waals surface area contributed by atoms with Crippen LogP contribution in [0.2, 0.25) is 0 Å². The largest absolute Gasteiger partial charge is 0.350 e. The molecule has 6 nitrogen and oxygen atoms in total. The molecular formula is C23H23FN4O2S. The van der Waals surface area contributed by atoms with E-state index in [2.05, 4.69) is 14.9 Å². The fourth-order valence-corrected chi connectivity index (χ4v) is 4.49. The van der Waals surface area contributed by atoms with Gasteiger partial charge in [0.25, 0.3) is 5.91 Å². The van der Waals surface area contributed by atoms with Gasteiger partial charge in [-0.05, 0) is 36.0 Å². The fourth-order valence-electron chi connectivity index (χ4n) is 4.06. The van der Waals surface area contributed by atoms with Crippen molar-refractivity contribution in [1.82, 2.24) is 19.8 Å². The third-order valence-corrected chi connectivity index (χ3v) is 6.07. The lowest BCUT2D eigenvalue weighted by Gasteiger charge is -2.35. The molecule has 4 rings (SSSR count). The van der Waals surface area contributed by atoms with Crippen LogP contribution in [0.5, 0.6) is 0 Å². The summed E-state index contributed by atoms with van der Waals surface area (Å²) in [6.45, 7) is 0.287. The zero-order valence-corrected chi connectivity index (χ0v) is 17.7. The highest BCUT2D eigenvalue weighted by Gasteiger charge is 2.39. The molecule has 3 aromatic rings. The van der Waals surface area contributed by atoms with Crippen LogP contribution in [0.3, 0.4) is 0 Å². The number of nitrogens with one attached hydrogen (secondary N) is 1. The molecule has 8 heteroatoms. The van der Waals surface area contributed by atoms with Crippen molar-refractivity contribution in [3.05, 3.63) is 82.6 Å². The number of nitrogens with zero attached hydrogens (tertiary/aromatic N) is 3. The number of carbonyl (C=O) groups excluding carboxylic acids is 2. The van der Waals surface area contributed by atoms with Gasteiger partial charge < -0.3 is 10.2 Å². The smallest absolute Gasteiger partial charge is 0.276 e. The Kier molecular flexibility index (Phi) is 6.66. The number of hydrogen-bond donors (Lipinski definition) is 1. The molecule has 0 spiro atoms. The monoisotopic (exact) mass is 438 g/mol. The average Bonchev–Trinajstić information content (AvgIpc) is 3.51. The summed E-state index contributed by atoms with van der Waals surface area (Å²) < 4.78 is 18.7. The number of carbonyl (C=O) groups is 2. The van der Waals surface area contributed by atoms with Crippen LogP contribution in [0.15, 0.2) is 60.0 Å². The summed E-state index contributed by atoms with van der Waals surface area (Å²) in [5.41, 5.74) is 1.27. The second-order valence-electron chi connectivity index (χ2n) is 7.57. The highest BCUT2D eigenvalue weighted by molar-refractivity contribution is 7.03. The van der Waals surface area contributed by atoms with Crippen molar-refractivity contribution in [1.29, 1.82) is 0 Å². The highest BCUT2D eigenvalue weighted by Crippen LogP contribution is 2.34. The van der Waals surface area contributed by atoms with Crippen molar-refractivity contribution in [3.8, 4) is 0 Å². The molecule has 0 unspecified atom stereocenters. The van der Waals surface area contributed by atoms with Gasteiger partial charge in [-0.1, -0.05) is 65.9 Å². The van der Waals surface area contributed by atoms with Crippen molar-refractivity contribution >= 4 is 23.3 Å². The molecule has 2 aromatic carbocycles. The molecule has 1 heterocycles. The van der Waals surface area contributed by atoms with Crippen molar-refractivity contribution < 1.29 is 14.0 Å². The maximum atomic E-state index is 14.9. The molecule has 1 aliphatic rings. The maximum Gasteiger partial charge on any atom is 0.276 e. The fraction of sp³-hybridized carbons (Fsp3) is 0.304. The van der Waals surface area contributed by atoms with Crippen LogP contribution in [-0.4, -0.2) is 32.3 Å². The number of halogens is 1. The first-order valence-electron chi connectivity index (χ1n) is 10.3. The molecule has 0 saturated heterocycles. The summed E-state index contributed by atoms with van der Waals surface area (Å²) in [4.78, 5) is 28.4. The first-order chi connectivity index (χ1) is 15.1. The van der Waals surface area contributed by atoms with Crippen molar-refractivity contribution in [2.24, 2.45) is 0 Å². The Balaban J connectivity index is 1.70. The molecule has 160 valence electrons. The lowest BCUT2D eigenvalue weighted by Crippen LogP contribution is -2.48. The number of rotatable bonds is 7. The van der Waals surface area contributed by atoms with E-state index in [0.717, 1.165) is 42.8 Å². The average molecular weight is 439 g/mol. The first kappa shape index (κ1) is 21.1. The van der Waals surface area contributed by atoms with E-state index in [1.165, 1.54) is 11.0 Å². The van der Waals surface area contributed by atoms with E-state index in [1.807, 2.05) is 30.3 Å². The van der Waals surface area contributed by atoms with Crippen molar-refractivity contribution in [2.45, 2.75) is 44.3 Å². The van der Waals surface area contributed by atoms with Crippen LogP contribution >= 0.6 is 11.5 Å². The van der Waals surface area contributed by atoms with Crippen molar-refractivity contribution in [2.75, 3.05) is 0 Å². The Hall–Kier alpha value is -3.13. The molecule has 1 aliphatic carbocycles. The molecule has 31 heavy (non-hydrogen) atoms. The Labute approximate surface area is 184 Å². The molecule has 2 amide bonds. The quantitative estimate of drug-likeness (QED) is 0.602. The molecule has 0 aliphatic heterocycles. The molecule has 0 bridgehead atoms. The number of amides is 2. The van der Waals surface area contributed by atoms with E-state index in [1.54, 1.807) is 23.6 Å². The predicted octanol–water partition coefficient (Wildman–Crippen LogP) is 4.12. The van der Waals surface area contributed by atoms with E-state index in [9.17, 15) is 14.0 Å². The van der Waals surface area contributed by atoms with Gasteiger partial charge in [-0.2, -0.15) is 0 Å². The van der Waals surface area contributed by atoms with E-state index < -0.39 is 23.7 Å². The van der Waals surface area contributed by atoms with E-state index in [4.69, 9.17) is 0 Å². The van der Waals surface area contributed by atoms with Crippen LogP contribution in [0.25, 0.3) is 0 Å². The lowest BCUT2D eigenvalue weighted by atomic mass is 10.00. The lowest BCUT2D eigenvalue weighted by molar-refractivity contribution is -0.127. The van der Waals surface area contributed by atoms with E-state index in [-0.39, 0.29) is 23.8 Å². The number of hydrogen-bond acceptors (Lipinski definition) is 5. The molecule has 1 saturated carbocycles. The Bertz CT molecular complexity index is 1020. The Morgan fingerprint density at radius 3 is 2.48 bits per heavy atom. The summed E-state index contributed by atoms with van der Waals surface area (Å²) in [6.07, 6.45) is 3.44. The third-order valence-electron chi connectivity index (χ3n) is 5.57. The first-order valence-corrected chi connectivity index (χ1v) is 11.1. The molecule has 1 fully saturated rings. The second-order valence-corrected chi connectivity index (χ2v) is 8.18. The van der Waals surface area contributed by atoms with Gasteiger partial charge in [-0.3, -0.25) is 9.59 Å². The predicted molar refractivity (Wildman–Crippen MR) is 116 cm³/mol. The van der Waals surface area contributed by atoms with Gasteiger partial charge in [0.05, 0.1) is 0 Å². The van der Waals surface area contributed by atoms with Crippen LogP contribution in [-0.2, 0) is 11.3 Å². The molecule has 0 radical (unpaired) electrons. The molecule has 1 atom stereocenters. The molecule has 1 aromatic heterocycles. The van der Waals surface area contributed by atoms with Gasteiger partial charge in [-0.25, -0.2) is 4.39 Å². The van der Waals surface area contributed by atoms with Crippen LogP contribution in [0.1, 0.15) is 53.3 Å². The zero-order valence-electron chi connectivity index (χ0n) is 16.9. The van der Waals surface area contributed by atoms with Crippen LogP contribution in [0.4, 0.5) is 4.39 Å². The van der Waals surface area contributed by atoms with Gasteiger partial charge >= 0.3 is 0 Å². The number of benzene rings is 2. The summed E-state index contributed by atoms with van der Waals surface area (Å²) in [6, 6.07) is 14.4. The summed E-state index contributed by atoms with van der Waals surface area (Å²) in [5, 5.41) is 8.37. The summed E-state index contributed by atoms with van der Waals surface area (Å²) in [5.74, 6) is -1.34. The van der Waals surface area contributed by atoms with Gasteiger partial charge in [0.2, 0.25) is 5.91 Å². The van der Waals surface area contributed by atoms with Crippen LogP contribution in [0, 0.1) is 5.82 Å². The highest BCUT2D eigenvalue weighted by atomic mass is 32.1. The summed E-state index contributed by atoms with van der Waals surface area (Å²) in [7, 11) is 0. The second kappa shape index (κ2) is 9.78. The normalized spacial score (nSPS) is 14.9. The van der Waals surface area contributed by atoms with Gasteiger partial charge in [0.15, 0.2) is 5.69 Å². The summed E-state index contributed by atoms with van der Waals surface area (Å²) >= 11 is 1.07. The Morgan fingerprint density at radius 1 is 1.10 bits per heavy atom. The van der Waals surface area contributed by atoms with Crippen molar-refractivity contribution in [3.63, 3.8) is 0 Å². The van der Waals surface area contributed by atoms with Gasteiger partial charge in [0, 0.05) is 23.5 Å². The minimum atomic E-state index is -1.10. The minimum Gasteiger partial charge on any atom is -0.350 e. The topological polar surface area (TPSA) is 75.2 Å². The molecule has 1 N–H and O–H groups in total. The Morgan fingerprint density at radius 2 is 1.81 bits per heavy atom. The zero-order chi connectivity index (χ0) is 21.6. The van der Waals surface area contributed by atoms with Crippen LogP contribution < -0.4 is 5.32 Å². The minimum absolute atomic E-state index is 0.165. The standard InChI is InChI=1S/C23H23FN4O2S/c24-19-13-7-6-12-18(19)21(22(29)25-14-16-8-2-1-3-9-16)28(17-10-4-5-11-17)23(30)20-15-31-27-26-20/h1-3,6-9,12-13,15,17,21H,4-5,10-11,14H2,(H,25,29)/t21-/m0/s1. The maximum absolute atomic E-state index is 14.9. The van der Waals surface area contributed by atoms with Gasteiger partial charge in [0.1, 0.15) is 11.9 Å². The SMILES string of the molecule is O=C(NCc1ccccc1)[C@H](c1ccccc1F)N(C(=O)c1csnn1)C1CCCC1. The van der Waals surface area contributed by atoms with E-state index >= 15 is 0 Å². The third kappa shape index (κ3) is 4.80. The number of aromatic nitrogens is 2.